The monoisotopic (exact) mass is 272 g/mol. The van der Waals surface area contributed by atoms with Gasteiger partial charge in [0, 0.05) is 17.5 Å². The fourth-order valence-electron chi connectivity index (χ4n) is 1.61. The number of benzene rings is 1. The summed E-state index contributed by atoms with van der Waals surface area (Å²) in [4.78, 5) is 16.0. The average Bonchev–Trinajstić information content (AvgIpc) is 2.46. The second kappa shape index (κ2) is 6.95. The molecule has 0 bridgehead atoms. The van der Waals surface area contributed by atoms with Crippen molar-refractivity contribution in [2.75, 3.05) is 11.1 Å². The Morgan fingerprint density at radius 2 is 2.05 bits per heavy atom. The van der Waals surface area contributed by atoms with Crippen LogP contribution in [0.3, 0.4) is 0 Å². The van der Waals surface area contributed by atoms with Gasteiger partial charge < -0.3 is 5.32 Å². The van der Waals surface area contributed by atoms with Crippen LogP contribution >= 0.6 is 11.8 Å². The summed E-state index contributed by atoms with van der Waals surface area (Å²) in [6.07, 6.45) is 3.31. The van der Waals surface area contributed by atoms with Gasteiger partial charge in [-0.1, -0.05) is 19.1 Å². The smallest absolute Gasteiger partial charge is 0.255 e. The molecule has 0 aliphatic carbocycles. The van der Waals surface area contributed by atoms with Gasteiger partial charge >= 0.3 is 0 Å². The first-order valence-electron chi connectivity index (χ1n) is 6.17. The summed E-state index contributed by atoms with van der Waals surface area (Å²) >= 11 is 1.87. The zero-order valence-electron chi connectivity index (χ0n) is 10.8. The zero-order chi connectivity index (χ0) is 13.5. The van der Waals surface area contributed by atoms with E-state index in [9.17, 15) is 4.79 Å². The van der Waals surface area contributed by atoms with Crippen molar-refractivity contribution in [1.82, 2.24) is 4.98 Å². The van der Waals surface area contributed by atoms with E-state index in [1.165, 1.54) is 5.56 Å². The van der Waals surface area contributed by atoms with Crippen LogP contribution in [0.5, 0.6) is 0 Å². The van der Waals surface area contributed by atoms with E-state index in [2.05, 4.69) is 17.2 Å². The Morgan fingerprint density at radius 1 is 1.26 bits per heavy atom. The van der Waals surface area contributed by atoms with Crippen molar-refractivity contribution in [2.45, 2.75) is 12.7 Å². The van der Waals surface area contributed by atoms with Crippen LogP contribution in [0.1, 0.15) is 22.8 Å². The maximum atomic E-state index is 12.0. The summed E-state index contributed by atoms with van der Waals surface area (Å²) in [7, 11) is 0. The Hall–Kier alpha value is -1.81. The summed E-state index contributed by atoms with van der Waals surface area (Å²) < 4.78 is 0. The molecule has 19 heavy (non-hydrogen) atoms. The number of amides is 1. The number of nitrogens with one attached hydrogen (secondary N) is 1. The molecule has 0 saturated carbocycles. The second-order valence-corrected chi connectivity index (χ2v) is 5.30. The second-order valence-electron chi connectivity index (χ2n) is 4.03. The molecule has 0 radical (unpaired) electrons. The van der Waals surface area contributed by atoms with Crippen LogP contribution in [0.2, 0.25) is 0 Å². The molecule has 0 atom stereocenters. The molecule has 0 fully saturated rings. The lowest BCUT2D eigenvalue weighted by Gasteiger charge is -2.05. The zero-order valence-corrected chi connectivity index (χ0v) is 11.6. The van der Waals surface area contributed by atoms with Gasteiger partial charge in [-0.3, -0.25) is 9.78 Å². The topological polar surface area (TPSA) is 42.0 Å². The van der Waals surface area contributed by atoms with Crippen LogP contribution in [-0.4, -0.2) is 16.6 Å². The summed E-state index contributed by atoms with van der Waals surface area (Å²) in [5.41, 5.74) is 2.61. The predicted molar refractivity (Wildman–Crippen MR) is 80.5 cm³/mol. The molecular weight excluding hydrogens is 256 g/mol. The Labute approximate surface area is 117 Å². The van der Waals surface area contributed by atoms with E-state index in [-0.39, 0.29) is 5.91 Å². The highest BCUT2D eigenvalue weighted by Gasteiger charge is 2.05. The van der Waals surface area contributed by atoms with Crippen molar-refractivity contribution in [3.63, 3.8) is 0 Å². The number of anilines is 1. The van der Waals surface area contributed by atoms with E-state index >= 15 is 0 Å². The van der Waals surface area contributed by atoms with Gasteiger partial charge in [0.25, 0.3) is 5.91 Å². The molecule has 0 aliphatic heterocycles. The van der Waals surface area contributed by atoms with Crippen LogP contribution < -0.4 is 5.32 Å². The van der Waals surface area contributed by atoms with Crippen LogP contribution in [-0.2, 0) is 5.75 Å². The fraction of sp³-hybridized carbons (Fsp3) is 0.200. The molecule has 1 amide bonds. The normalized spacial score (nSPS) is 10.2. The van der Waals surface area contributed by atoms with Crippen molar-refractivity contribution in [3.8, 4) is 0 Å². The Bertz CT molecular complexity index is 526. The maximum Gasteiger partial charge on any atom is 0.255 e. The number of carbonyl (C=O) groups excluding carboxylic acids is 1. The third kappa shape index (κ3) is 4.10. The molecular formula is C15H16N2OS. The molecule has 1 aromatic carbocycles. The van der Waals surface area contributed by atoms with Gasteiger partial charge in [0.05, 0.1) is 11.9 Å². The number of carbonyl (C=O) groups is 1. The van der Waals surface area contributed by atoms with Gasteiger partial charge in [-0.15, -0.1) is 0 Å². The first-order valence-corrected chi connectivity index (χ1v) is 7.33. The lowest BCUT2D eigenvalue weighted by atomic mass is 10.1. The van der Waals surface area contributed by atoms with Gasteiger partial charge in [-0.05, 0) is 35.6 Å². The summed E-state index contributed by atoms with van der Waals surface area (Å²) in [5, 5.41) is 2.81. The summed E-state index contributed by atoms with van der Waals surface area (Å²) in [6, 6.07) is 11.3. The minimum Gasteiger partial charge on any atom is -0.321 e. The minimum atomic E-state index is -0.109. The van der Waals surface area contributed by atoms with Crippen LogP contribution in [0.25, 0.3) is 0 Å². The van der Waals surface area contributed by atoms with Gasteiger partial charge in [-0.25, -0.2) is 0 Å². The third-order valence-corrected chi connectivity index (χ3v) is 3.55. The Kier molecular flexibility index (Phi) is 4.98. The van der Waals surface area contributed by atoms with E-state index in [0.717, 1.165) is 11.5 Å². The fourth-order valence-corrected chi connectivity index (χ4v) is 2.24. The number of pyridine rings is 1. The molecule has 2 rings (SSSR count). The first-order chi connectivity index (χ1) is 9.29. The molecule has 0 saturated heterocycles. The minimum absolute atomic E-state index is 0.109. The molecule has 1 heterocycles. The highest BCUT2D eigenvalue weighted by Crippen LogP contribution is 2.13. The summed E-state index contributed by atoms with van der Waals surface area (Å²) in [6.45, 7) is 2.14. The first kappa shape index (κ1) is 13.6. The van der Waals surface area contributed by atoms with Gasteiger partial charge in [-0.2, -0.15) is 11.8 Å². The SMILES string of the molecule is CCSCc1ccc(C(=O)Nc2cccnc2)cc1. The van der Waals surface area contributed by atoms with Crippen molar-refractivity contribution >= 4 is 23.4 Å². The maximum absolute atomic E-state index is 12.0. The molecule has 1 N–H and O–H groups in total. The number of hydrogen-bond acceptors (Lipinski definition) is 3. The van der Waals surface area contributed by atoms with Crippen LogP contribution in [0.4, 0.5) is 5.69 Å². The number of hydrogen-bond donors (Lipinski definition) is 1. The van der Waals surface area contributed by atoms with Crippen molar-refractivity contribution in [2.24, 2.45) is 0 Å². The molecule has 1 aromatic heterocycles. The number of rotatable bonds is 5. The number of nitrogens with zero attached hydrogens (tertiary/aromatic N) is 1. The van der Waals surface area contributed by atoms with Crippen molar-refractivity contribution in [3.05, 3.63) is 59.9 Å². The van der Waals surface area contributed by atoms with E-state index in [0.29, 0.717) is 11.3 Å². The third-order valence-electron chi connectivity index (χ3n) is 2.61. The quantitative estimate of drug-likeness (QED) is 0.904. The van der Waals surface area contributed by atoms with E-state index in [1.807, 2.05) is 42.1 Å². The van der Waals surface area contributed by atoms with E-state index in [1.54, 1.807) is 18.5 Å². The van der Waals surface area contributed by atoms with Gasteiger partial charge in [0.2, 0.25) is 0 Å². The Balaban J connectivity index is 1.99. The van der Waals surface area contributed by atoms with Gasteiger partial charge in [0.15, 0.2) is 0 Å². The molecule has 0 unspecified atom stereocenters. The van der Waals surface area contributed by atoms with Crippen molar-refractivity contribution < 1.29 is 4.79 Å². The van der Waals surface area contributed by atoms with E-state index in [4.69, 9.17) is 0 Å². The highest BCUT2D eigenvalue weighted by molar-refractivity contribution is 7.98. The molecule has 3 nitrogen and oxygen atoms in total. The lowest BCUT2D eigenvalue weighted by molar-refractivity contribution is 0.102. The number of aromatic nitrogens is 1. The van der Waals surface area contributed by atoms with Crippen LogP contribution in [0.15, 0.2) is 48.8 Å². The summed E-state index contributed by atoms with van der Waals surface area (Å²) in [5.74, 6) is 1.98. The van der Waals surface area contributed by atoms with Gasteiger partial charge in [0.1, 0.15) is 0 Å². The average molecular weight is 272 g/mol. The predicted octanol–water partition coefficient (Wildman–Crippen LogP) is 3.59. The molecule has 2 aromatic rings. The molecule has 0 aliphatic rings. The molecule has 4 heteroatoms. The highest BCUT2D eigenvalue weighted by atomic mass is 32.2. The standard InChI is InChI=1S/C15H16N2OS/c1-2-19-11-12-5-7-13(8-6-12)15(18)17-14-4-3-9-16-10-14/h3-10H,2,11H2,1H3,(H,17,18). The molecule has 98 valence electrons. The lowest BCUT2D eigenvalue weighted by Crippen LogP contribution is -2.11. The largest absolute Gasteiger partial charge is 0.321 e. The number of thioether (sulfide) groups is 1. The van der Waals surface area contributed by atoms with Crippen LogP contribution in [0, 0.1) is 0 Å². The van der Waals surface area contributed by atoms with Crippen molar-refractivity contribution in [1.29, 1.82) is 0 Å². The van der Waals surface area contributed by atoms with E-state index < -0.39 is 0 Å². The molecule has 0 spiro atoms. The Morgan fingerprint density at radius 3 is 2.68 bits per heavy atom.